The van der Waals surface area contributed by atoms with Crippen LogP contribution < -0.4 is 5.56 Å². The summed E-state index contributed by atoms with van der Waals surface area (Å²) >= 11 is 1.46. The summed E-state index contributed by atoms with van der Waals surface area (Å²) in [5.74, 6) is 0.560. The Kier molecular flexibility index (Phi) is 2.64. The molecule has 0 aromatic carbocycles. The summed E-state index contributed by atoms with van der Waals surface area (Å²) in [5, 5.41) is 2.61. The number of hydrogen-bond acceptors (Lipinski definition) is 4. The van der Waals surface area contributed by atoms with Gasteiger partial charge in [0, 0.05) is 22.8 Å². The Hall–Kier alpha value is -1.49. The van der Waals surface area contributed by atoms with E-state index in [1.165, 1.54) is 11.3 Å². The summed E-state index contributed by atoms with van der Waals surface area (Å²) < 4.78 is 0. The predicted octanol–water partition coefficient (Wildman–Crippen LogP) is 1.76. The molecule has 0 fully saturated rings. The van der Waals surface area contributed by atoms with Gasteiger partial charge in [-0.05, 0) is 13.3 Å². The van der Waals surface area contributed by atoms with Gasteiger partial charge in [-0.1, -0.05) is 6.92 Å². The Bertz CT molecular complexity index is 516. The number of nitrogens with one attached hydrogen (secondary N) is 1. The van der Waals surface area contributed by atoms with Gasteiger partial charge in [0.25, 0.3) is 5.56 Å². The molecule has 2 aromatic heterocycles. The molecule has 2 aromatic rings. The molecule has 5 heteroatoms. The number of aromatic nitrogens is 3. The van der Waals surface area contributed by atoms with E-state index in [9.17, 15) is 4.79 Å². The van der Waals surface area contributed by atoms with Crippen molar-refractivity contribution < 1.29 is 0 Å². The van der Waals surface area contributed by atoms with Gasteiger partial charge < -0.3 is 4.98 Å². The molecular formula is C10H11N3OS. The molecule has 0 aliphatic heterocycles. The van der Waals surface area contributed by atoms with Gasteiger partial charge in [-0.15, -0.1) is 11.3 Å². The molecule has 0 spiro atoms. The minimum Gasteiger partial charge on any atom is -0.304 e. The first-order valence-electron chi connectivity index (χ1n) is 4.72. The van der Waals surface area contributed by atoms with Crippen LogP contribution in [0.5, 0.6) is 0 Å². The molecule has 2 heterocycles. The molecule has 1 N–H and O–H groups in total. The van der Waals surface area contributed by atoms with E-state index < -0.39 is 0 Å². The van der Waals surface area contributed by atoms with E-state index in [0.29, 0.717) is 12.2 Å². The van der Waals surface area contributed by atoms with E-state index in [2.05, 4.69) is 15.0 Å². The van der Waals surface area contributed by atoms with Gasteiger partial charge in [0.05, 0.1) is 0 Å². The molecule has 0 aliphatic rings. The Morgan fingerprint density at radius 3 is 2.87 bits per heavy atom. The lowest BCUT2D eigenvalue weighted by Crippen LogP contribution is -2.16. The van der Waals surface area contributed by atoms with Crippen LogP contribution in [0.1, 0.15) is 18.2 Å². The summed E-state index contributed by atoms with van der Waals surface area (Å²) in [6.45, 7) is 3.80. The first-order valence-corrected chi connectivity index (χ1v) is 5.60. The highest BCUT2D eigenvalue weighted by molar-refractivity contribution is 7.12. The maximum absolute atomic E-state index is 11.7. The van der Waals surface area contributed by atoms with Gasteiger partial charge in [-0.2, -0.15) is 0 Å². The van der Waals surface area contributed by atoms with Crippen LogP contribution in [0.25, 0.3) is 10.8 Å². The fraction of sp³-hybridized carbons (Fsp3) is 0.300. The minimum absolute atomic E-state index is 0.0600. The zero-order chi connectivity index (χ0) is 10.8. The zero-order valence-corrected chi connectivity index (χ0v) is 9.39. The summed E-state index contributed by atoms with van der Waals surface area (Å²) in [6, 6.07) is 0. The third-order valence-electron chi connectivity index (χ3n) is 2.21. The molecular weight excluding hydrogens is 210 g/mol. The lowest BCUT2D eigenvalue weighted by atomic mass is 10.2. The Labute approximate surface area is 91.0 Å². The van der Waals surface area contributed by atoms with Crippen molar-refractivity contribution in [2.24, 2.45) is 0 Å². The standard InChI is InChI=1S/C10H11N3OS/c1-3-7-6(2)12-8(13-9(7)14)10-11-4-5-15-10/h4-5H,3H2,1-2H3,(H,12,13,14). The highest BCUT2D eigenvalue weighted by atomic mass is 32.1. The number of nitrogens with zero attached hydrogens (tertiary/aromatic N) is 2. The van der Waals surface area contributed by atoms with E-state index >= 15 is 0 Å². The third kappa shape index (κ3) is 1.83. The fourth-order valence-electron chi connectivity index (χ4n) is 1.47. The monoisotopic (exact) mass is 221 g/mol. The van der Waals surface area contributed by atoms with Gasteiger partial charge in [-0.3, -0.25) is 4.79 Å². The lowest BCUT2D eigenvalue weighted by molar-refractivity contribution is 0.966. The van der Waals surface area contributed by atoms with E-state index in [1.54, 1.807) is 6.20 Å². The molecule has 0 amide bonds. The van der Waals surface area contributed by atoms with Gasteiger partial charge in [-0.25, -0.2) is 9.97 Å². The predicted molar refractivity (Wildman–Crippen MR) is 60.1 cm³/mol. The molecule has 0 saturated carbocycles. The molecule has 4 nitrogen and oxygen atoms in total. The third-order valence-corrected chi connectivity index (χ3v) is 2.99. The van der Waals surface area contributed by atoms with Crippen LogP contribution in [0, 0.1) is 6.92 Å². The fourth-order valence-corrected chi connectivity index (χ4v) is 2.05. The van der Waals surface area contributed by atoms with Gasteiger partial charge in [0.1, 0.15) is 0 Å². The van der Waals surface area contributed by atoms with Crippen LogP contribution in [0.3, 0.4) is 0 Å². The van der Waals surface area contributed by atoms with Crippen molar-refractivity contribution in [3.8, 4) is 10.8 Å². The average molecular weight is 221 g/mol. The zero-order valence-electron chi connectivity index (χ0n) is 8.57. The van der Waals surface area contributed by atoms with E-state index in [4.69, 9.17) is 0 Å². The Balaban J connectivity index is 2.58. The Morgan fingerprint density at radius 1 is 1.53 bits per heavy atom. The van der Waals surface area contributed by atoms with E-state index in [1.807, 2.05) is 19.2 Å². The van der Waals surface area contributed by atoms with Gasteiger partial charge in [0.2, 0.25) is 0 Å². The van der Waals surface area contributed by atoms with Crippen LogP contribution >= 0.6 is 11.3 Å². The van der Waals surface area contributed by atoms with E-state index in [-0.39, 0.29) is 5.56 Å². The molecule has 0 saturated heterocycles. The summed E-state index contributed by atoms with van der Waals surface area (Å²) in [4.78, 5) is 22.9. The molecule has 0 radical (unpaired) electrons. The average Bonchev–Trinajstić information content (AvgIpc) is 2.69. The van der Waals surface area contributed by atoms with Crippen LogP contribution in [-0.4, -0.2) is 15.0 Å². The number of aryl methyl sites for hydroxylation is 1. The SMILES string of the molecule is CCc1c(C)nc(-c2nccs2)[nH]c1=O. The van der Waals surface area contributed by atoms with Crippen LogP contribution in [-0.2, 0) is 6.42 Å². The van der Waals surface area contributed by atoms with Crippen molar-refractivity contribution in [1.82, 2.24) is 15.0 Å². The minimum atomic E-state index is -0.0600. The molecule has 0 bridgehead atoms. The second-order valence-electron chi connectivity index (χ2n) is 3.17. The topological polar surface area (TPSA) is 58.6 Å². The molecule has 15 heavy (non-hydrogen) atoms. The molecule has 78 valence electrons. The first kappa shape index (κ1) is 10.0. The van der Waals surface area contributed by atoms with Crippen molar-refractivity contribution in [3.63, 3.8) is 0 Å². The smallest absolute Gasteiger partial charge is 0.254 e. The highest BCUT2D eigenvalue weighted by Gasteiger charge is 2.08. The van der Waals surface area contributed by atoms with Crippen molar-refractivity contribution in [2.45, 2.75) is 20.3 Å². The lowest BCUT2D eigenvalue weighted by Gasteiger charge is -2.02. The summed E-state index contributed by atoms with van der Waals surface area (Å²) in [7, 11) is 0. The van der Waals surface area contributed by atoms with Crippen LogP contribution in [0.2, 0.25) is 0 Å². The van der Waals surface area contributed by atoms with Gasteiger partial charge in [0.15, 0.2) is 10.8 Å². The van der Waals surface area contributed by atoms with Crippen molar-refractivity contribution in [2.75, 3.05) is 0 Å². The quantitative estimate of drug-likeness (QED) is 0.840. The van der Waals surface area contributed by atoms with E-state index in [0.717, 1.165) is 16.3 Å². The number of thiazole rings is 1. The summed E-state index contributed by atoms with van der Waals surface area (Å²) in [6.07, 6.45) is 2.40. The van der Waals surface area contributed by atoms with Crippen molar-refractivity contribution in [1.29, 1.82) is 0 Å². The molecule has 0 atom stereocenters. The maximum Gasteiger partial charge on any atom is 0.254 e. The Morgan fingerprint density at radius 2 is 2.33 bits per heavy atom. The largest absolute Gasteiger partial charge is 0.304 e. The van der Waals surface area contributed by atoms with Crippen LogP contribution in [0.4, 0.5) is 0 Å². The summed E-state index contributed by atoms with van der Waals surface area (Å²) in [5.41, 5.74) is 1.47. The highest BCUT2D eigenvalue weighted by Crippen LogP contribution is 2.16. The second-order valence-corrected chi connectivity index (χ2v) is 4.06. The molecule has 0 aliphatic carbocycles. The van der Waals surface area contributed by atoms with Crippen molar-refractivity contribution >= 4 is 11.3 Å². The van der Waals surface area contributed by atoms with Crippen LogP contribution in [0.15, 0.2) is 16.4 Å². The number of rotatable bonds is 2. The molecule has 2 rings (SSSR count). The number of H-pyrrole nitrogens is 1. The molecule has 0 unspecified atom stereocenters. The van der Waals surface area contributed by atoms with Crippen molar-refractivity contribution in [3.05, 3.63) is 33.2 Å². The first-order chi connectivity index (χ1) is 7.22. The second kappa shape index (κ2) is 3.94. The number of hydrogen-bond donors (Lipinski definition) is 1. The number of aromatic amines is 1. The van der Waals surface area contributed by atoms with Gasteiger partial charge >= 0.3 is 0 Å². The maximum atomic E-state index is 11.7. The normalized spacial score (nSPS) is 10.5.